The average molecular weight is 664 g/mol. The Hall–Kier alpha value is -5.09. The van der Waals surface area contributed by atoms with Crippen LogP contribution in [0.25, 0.3) is 21.5 Å². The highest BCUT2D eigenvalue weighted by Crippen LogP contribution is 2.44. The molecule has 0 unspecified atom stereocenters. The summed E-state index contributed by atoms with van der Waals surface area (Å²) < 4.78 is 40.2. The Kier molecular flexibility index (Phi) is 7.99. The molecular formula is C38H37N3O6S. The predicted octanol–water partition coefficient (Wildman–Crippen LogP) is 7.02. The minimum Gasteiger partial charge on any atom is -0.493 e. The van der Waals surface area contributed by atoms with Gasteiger partial charge >= 0.3 is 6.03 Å². The summed E-state index contributed by atoms with van der Waals surface area (Å²) in [6, 6.07) is 25.2. The zero-order valence-corrected chi connectivity index (χ0v) is 27.9. The van der Waals surface area contributed by atoms with Crippen molar-refractivity contribution in [3.63, 3.8) is 0 Å². The Morgan fingerprint density at radius 3 is 2.31 bits per heavy atom. The van der Waals surface area contributed by atoms with Crippen LogP contribution in [-0.2, 0) is 23.0 Å². The summed E-state index contributed by atoms with van der Waals surface area (Å²) in [5, 5.41) is 6.49. The van der Waals surface area contributed by atoms with Gasteiger partial charge in [0.2, 0.25) is 0 Å². The first kappa shape index (κ1) is 31.5. The first-order valence-corrected chi connectivity index (χ1v) is 17.7. The van der Waals surface area contributed by atoms with Crippen LogP contribution in [-0.4, -0.2) is 39.1 Å². The summed E-state index contributed by atoms with van der Waals surface area (Å²) in [4.78, 5) is 28.7. The Labute approximate surface area is 279 Å². The number of hydrogen-bond donors (Lipinski definition) is 2. The van der Waals surface area contributed by atoms with Crippen molar-refractivity contribution >= 4 is 49.2 Å². The predicted molar refractivity (Wildman–Crippen MR) is 186 cm³/mol. The summed E-state index contributed by atoms with van der Waals surface area (Å²) in [6.45, 7) is 7.15. The number of anilines is 1. The third-order valence-corrected chi connectivity index (χ3v) is 10.5. The topological polar surface area (TPSA) is 114 Å². The zero-order valence-electron chi connectivity index (χ0n) is 27.1. The van der Waals surface area contributed by atoms with Gasteiger partial charge in [-0.3, -0.25) is 4.79 Å². The van der Waals surface area contributed by atoms with Crippen LogP contribution in [0.2, 0.25) is 0 Å². The van der Waals surface area contributed by atoms with Crippen molar-refractivity contribution in [1.29, 1.82) is 0 Å². The molecule has 1 aliphatic heterocycles. The number of urea groups is 1. The van der Waals surface area contributed by atoms with Gasteiger partial charge in [0, 0.05) is 16.6 Å². The van der Waals surface area contributed by atoms with Gasteiger partial charge in [0.15, 0.2) is 0 Å². The van der Waals surface area contributed by atoms with Gasteiger partial charge in [0.1, 0.15) is 11.5 Å². The first-order valence-electron chi connectivity index (χ1n) is 16.2. The number of hydrogen-bond acceptors (Lipinski definition) is 6. The molecule has 9 nitrogen and oxygen atoms in total. The fourth-order valence-electron chi connectivity index (χ4n) is 6.78. The molecule has 2 N–H and O–H groups in total. The molecule has 1 fully saturated rings. The van der Waals surface area contributed by atoms with E-state index in [4.69, 9.17) is 9.47 Å². The summed E-state index contributed by atoms with van der Waals surface area (Å²) in [5.74, 6) is 1.19. The first-order chi connectivity index (χ1) is 23.1. The standard InChI is InChI=1S/C38H37N3O6S/c1-4-46-32-12-8-11-28-21-33(47-5-2)35-30(34(28)32)23-41(36(35)42)31-16-13-25(19-24(31)3)22-38(17-18-38)39-37(43)40-48(44,45)29-15-14-26-9-6-7-10-27(26)20-29/h6-16,19-21H,4-5,17-18,22-23H2,1-3H3,(H2,39,40,43). The fourth-order valence-corrected chi connectivity index (χ4v) is 7.72. The summed E-state index contributed by atoms with van der Waals surface area (Å²) in [6.07, 6.45) is 1.99. The minimum absolute atomic E-state index is 0.0292. The molecule has 0 bridgehead atoms. The van der Waals surface area contributed by atoms with Crippen LogP contribution in [0.15, 0.2) is 89.8 Å². The van der Waals surface area contributed by atoms with E-state index < -0.39 is 21.6 Å². The van der Waals surface area contributed by atoms with Crippen molar-refractivity contribution in [3.8, 4) is 11.5 Å². The fraction of sp³-hybridized carbons (Fsp3) is 0.263. The lowest BCUT2D eigenvalue weighted by atomic mass is 9.99. The molecule has 246 valence electrons. The van der Waals surface area contributed by atoms with Gasteiger partial charge in [-0.1, -0.05) is 54.6 Å². The number of nitrogens with zero attached hydrogens (tertiary/aromatic N) is 1. The summed E-state index contributed by atoms with van der Waals surface area (Å²) in [5.41, 5.74) is 3.60. The third-order valence-electron chi connectivity index (χ3n) is 9.15. The molecule has 7 rings (SSSR count). The molecule has 2 aliphatic rings. The largest absolute Gasteiger partial charge is 0.493 e. The normalized spacial score (nSPS) is 15.0. The van der Waals surface area contributed by atoms with Crippen molar-refractivity contribution in [2.75, 3.05) is 18.1 Å². The van der Waals surface area contributed by atoms with Crippen molar-refractivity contribution in [2.24, 2.45) is 0 Å². The second-order valence-corrected chi connectivity index (χ2v) is 14.2. The van der Waals surface area contributed by atoms with E-state index >= 15 is 0 Å². The van der Waals surface area contributed by atoms with E-state index in [1.54, 1.807) is 17.0 Å². The molecule has 48 heavy (non-hydrogen) atoms. The van der Waals surface area contributed by atoms with Gasteiger partial charge < -0.3 is 19.7 Å². The highest BCUT2D eigenvalue weighted by Gasteiger charge is 2.44. The highest BCUT2D eigenvalue weighted by molar-refractivity contribution is 7.90. The lowest BCUT2D eigenvalue weighted by Crippen LogP contribution is -2.46. The smallest absolute Gasteiger partial charge is 0.329 e. The zero-order chi connectivity index (χ0) is 33.6. The molecule has 1 saturated carbocycles. The number of aryl methyl sites for hydroxylation is 1. The maximum atomic E-state index is 14.0. The van der Waals surface area contributed by atoms with Crippen LogP contribution in [0.3, 0.4) is 0 Å². The number of benzene rings is 5. The lowest BCUT2D eigenvalue weighted by molar-refractivity contribution is 0.0993. The van der Waals surface area contributed by atoms with Gasteiger partial charge in [-0.2, -0.15) is 0 Å². The van der Waals surface area contributed by atoms with E-state index in [1.165, 1.54) is 6.07 Å². The van der Waals surface area contributed by atoms with E-state index in [2.05, 4.69) is 10.0 Å². The molecule has 5 aromatic carbocycles. The number of carbonyl (C=O) groups excluding carboxylic acids is 2. The molecule has 0 radical (unpaired) electrons. The second-order valence-electron chi connectivity index (χ2n) is 12.5. The van der Waals surface area contributed by atoms with Crippen molar-refractivity contribution < 1.29 is 27.5 Å². The Balaban J connectivity index is 1.08. The highest BCUT2D eigenvalue weighted by atomic mass is 32.2. The molecule has 10 heteroatoms. The molecule has 1 heterocycles. The van der Waals surface area contributed by atoms with Gasteiger partial charge in [-0.05, 0) is 103 Å². The summed E-state index contributed by atoms with van der Waals surface area (Å²) >= 11 is 0. The van der Waals surface area contributed by atoms with Crippen molar-refractivity contribution in [1.82, 2.24) is 10.0 Å². The number of sulfonamides is 1. The van der Waals surface area contributed by atoms with E-state index in [0.717, 1.165) is 62.5 Å². The monoisotopic (exact) mass is 663 g/mol. The Morgan fingerprint density at radius 2 is 1.58 bits per heavy atom. The van der Waals surface area contributed by atoms with E-state index in [-0.39, 0.29) is 10.8 Å². The number of carbonyl (C=O) groups is 2. The molecule has 0 saturated heterocycles. The summed E-state index contributed by atoms with van der Waals surface area (Å²) in [7, 11) is -4.06. The van der Waals surface area contributed by atoms with Crippen LogP contribution >= 0.6 is 0 Å². The van der Waals surface area contributed by atoms with Crippen LogP contribution in [0.5, 0.6) is 11.5 Å². The van der Waals surface area contributed by atoms with Gasteiger partial charge in [0.05, 0.1) is 30.2 Å². The Morgan fingerprint density at radius 1 is 0.854 bits per heavy atom. The molecule has 5 aromatic rings. The number of ether oxygens (including phenoxy) is 2. The molecule has 0 aromatic heterocycles. The maximum absolute atomic E-state index is 14.0. The van der Waals surface area contributed by atoms with Crippen LogP contribution in [0, 0.1) is 6.92 Å². The number of fused-ring (bicyclic) bond motifs is 4. The van der Waals surface area contributed by atoms with Crippen molar-refractivity contribution in [3.05, 3.63) is 107 Å². The molecular weight excluding hydrogens is 626 g/mol. The quantitative estimate of drug-likeness (QED) is 0.166. The number of rotatable bonds is 10. The molecule has 0 spiro atoms. The SMILES string of the molecule is CCOc1cc2cccc(OCC)c2c2c1C(=O)N(c1ccc(CC3(NC(=O)NS(=O)(=O)c4ccc5ccccc5c4)CC3)cc1C)C2. The second kappa shape index (κ2) is 12.2. The van der Waals surface area contributed by atoms with Crippen molar-refractivity contribution in [2.45, 2.75) is 57.0 Å². The van der Waals surface area contributed by atoms with E-state index in [1.807, 2.05) is 87.5 Å². The van der Waals surface area contributed by atoms with Gasteiger partial charge in [0.25, 0.3) is 15.9 Å². The van der Waals surface area contributed by atoms with E-state index in [0.29, 0.717) is 37.5 Å². The molecule has 0 atom stereocenters. The lowest BCUT2D eigenvalue weighted by Gasteiger charge is -2.21. The van der Waals surface area contributed by atoms with Gasteiger partial charge in [-0.25, -0.2) is 17.9 Å². The average Bonchev–Trinajstić information content (AvgIpc) is 3.71. The Bertz CT molecular complexity index is 2210. The van der Waals surface area contributed by atoms with E-state index in [9.17, 15) is 18.0 Å². The van der Waals surface area contributed by atoms with Crippen LogP contribution in [0.4, 0.5) is 10.5 Å². The number of amides is 3. The third kappa shape index (κ3) is 5.81. The van der Waals surface area contributed by atoms with Crippen LogP contribution < -0.4 is 24.4 Å². The molecule has 1 aliphatic carbocycles. The minimum atomic E-state index is -4.06. The van der Waals surface area contributed by atoms with Gasteiger partial charge in [-0.15, -0.1) is 0 Å². The molecule has 3 amide bonds. The maximum Gasteiger partial charge on any atom is 0.329 e. The van der Waals surface area contributed by atoms with Crippen LogP contribution in [0.1, 0.15) is 53.7 Å². The number of nitrogens with one attached hydrogen (secondary N) is 2.